The van der Waals surface area contributed by atoms with E-state index in [2.05, 4.69) is 19.9 Å². The summed E-state index contributed by atoms with van der Waals surface area (Å²) >= 11 is 0. The number of carbonyl (C=O) groups excluding carboxylic acids is 1. The van der Waals surface area contributed by atoms with Crippen LogP contribution in [0.1, 0.15) is 44.0 Å². The molecule has 0 aliphatic heterocycles. The van der Waals surface area contributed by atoms with Crippen molar-refractivity contribution in [1.82, 2.24) is 0 Å². The van der Waals surface area contributed by atoms with Crippen LogP contribution < -0.4 is 5.73 Å². The van der Waals surface area contributed by atoms with Gasteiger partial charge in [0.15, 0.2) is 0 Å². The van der Waals surface area contributed by atoms with E-state index in [1.165, 1.54) is 11.1 Å². The zero-order valence-corrected chi connectivity index (χ0v) is 12.5. The molecule has 0 heterocycles. The van der Waals surface area contributed by atoms with Crippen molar-refractivity contribution in [3.8, 4) is 0 Å². The Labute approximate surface area is 121 Å². The van der Waals surface area contributed by atoms with Crippen LogP contribution in [-0.4, -0.2) is 12.6 Å². The van der Waals surface area contributed by atoms with E-state index < -0.39 is 0 Å². The largest absolute Gasteiger partial charge is 0.458 e. The molecule has 0 unspecified atom stereocenters. The Bertz CT molecular complexity index is 511. The Hall–Kier alpha value is -2.03. The van der Waals surface area contributed by atoms with E-state index in [0.717, 1.165) is 12.8 Å². The summed E-state index contributed by atoms with van der Waals surface area (Å²) < 4.78 is 5.20. The van der Waals surface area contributed by atoms with E-state index in [-0.39, 0.29) is 12.6 Å². The summed E-state index contributed by atoms with van der Waals surface area (Å²) in [6, 6.07) is 6.92. The van der Waals surface area contributed by atoms with Gasteiger partial charge in [0.2, 0.25) is 0 Å². The first-order valence-corrected chi connectivity index (χ1v) is 6.81. The molecule has 0 saturated heterocycles. The van der Waals surface area contributed by atoms with Crippen LogP contribution in [0, 0.1) is 0 Å². The highest BCUT2D eigenvalue weighted by molar-refractivity contribution is 5.94. The second-order valence-corrected chi connectivity index (χ2v) is 5.06. The van der Waals surface area contributed by atoms with Crippen LogP contribution in [0.3, 0.4) is 0 Å². The zero-order chi connectivity index (χ0) is 15.0. The van der Waals surface area contributed by atoms with Crippen LogP contribution >= 0.6 is 0 Å². The number of allylic oxidation sites excluding steroid dienone is 3. The van der Waals surface area contributed by atoms with Crippen molar-refractivity contribution in [3.05, 3.63) is 53.1 Å². The van der Waals surface area contributed by atoms with E-state index in [9.17, 15) is 4.79 Å². The molecule has 1 aromatic rings. The van der Waals surface area contributed by atoms with Crippen molar-refractivity contribution in [2.75, 3.05) is 12.3 Å². The number of nitrogen functional groups attached to an aromatic ring is 1. The number of nitrogens with two attached hydrogens (primary N) is 1. The lowest BCUT2D eigenvalue weighted by Gasteiger charge is -2.05. The predicted octanol–water partition coefficient (Wildman–Crippen LogP) is 4.12. The van der Waals surface area contributed by atoms with Gasteiger partial charge in [-0.05, 0) is 51.8 Å². The van der Waals surface area contributed by atoms with Gasteiger partial charge < -0.3 is 10.5 Å². The standard InChI is InChI=1S/C17H23NO2/c1-13(2)7-6-8-14(3)11-12-20-17(19)15-9-4-5-10-16(15)18/h4-5,7,9-11H,6,8,12,18H2,1-3H3/b14-11+. The molecule has 0 aliphatic rings. The maximum Gasteiger partial charge on any atom is 0.340 e. The molecule has 1 aromatic carbocycles. The molecule has 20 heavy (non-hydrogen) atoms. The van der Waals surface area contributed by atoms with E-state index in [1.807, 2.05) is 13.0 Å². The minimum Gasteiger partial charge on any atom is -0.458 e. The molecule has 0 aliphatic carbocycles. The first-order chi connectivity index (χ1) is 9.50. The van der Waals surface area contributed by atoms with Gasteiger partial charge in [0.1, 0.15) is 6.61 Å². The smallest absolute Gasteiger partial charge is 0.340 e. The van der Waals surface area contributed by atoms with Crippen molar-refractivity contribution in [3.63, 3.8) is 0 Å². The molecule has 108 valence electrons. The Morgan fingerprint density at radius 1 is 1.20 bits per heavy atom. The number of anilines is 1. The molecule has 1 rings (SSSR count). The van der Waals surface area contributed by atoms with Crippen LogP contribution in [0.25, 0.3) is 0 Å². The molecular formula is C17H23NO2. The van der Waals surface area contributed by atoms with Gasteiger partial charge in [-0.15, -0.1) is 0 Å². The fourth-order valence-electron chi connectivity index (χ4n) is 1.71. The number of hydrogen-bond acceptors (Lipinski definition) is 3. The monoisotopic (exact) mass is 273 g/mol. The second kappa shape index (κ2) is 8.20. The van der Waals surface area contributed by atoms with Crippen molar-refractivity contribution < 1.29 is 9.53 Å². The predicted molar refractivity (Wildman–Crippen MR) is 83.6 cm³/mol. The van der Waals surface area contributed by atoms with E-state index in [1.54, 1.807) is 24.3 Å². The number of para-hydroxylation sites is 1. The molecule has 3 heteroatoms. The first-order valence-electron chi connectivity index (χ1n) is 6.81. The van der Waals surface area contributed by atoms with Gasteiger partial charge in [0.05, 0.1) is 5.56 Å². The zero-order valence-electron chi connectivity index (χ0n) is 12.5. The molecule has 0 saturated carbocycles. The Morgan fingerprint density at radius 3 is 2.55 bits per heavy atom. The van der Waals surface area contributed by atoms with Gasteiger partial charge in [0, 0.05) is 5.69 Å². The highest BCUT2D eigenvalue weighted by Gasteiger charge is 2.09. The summed E-state index contributed by atoms with van der Waals surface area (Å²) in [5, 5.41) is 0. The van der Waals surface area contributed by atoms with Crippen molar-refractivity contribution in [2.45, 2.75) is 33.6 Å². The lowest BCUT2D eigenvalue weighted by molar-refractivity contribution is 0.0550. The lowest BCUT2D eigenvalue weighted by atomic mass is 10.1. The maximum absolute atomic E-state index is 11.8. The molecule has 0 spiro atoms. The summed E-state index contributed by atoms with van der Waals surface area (Å²) in [7, 11) is 0. The number of carbonyl (C=O) groups is 1. The van der Waals surface area contributed by atoms with Crippen LogP contribution in [-0.2, 0) is 4.74 Å². The van der Waals surface area contributed by atoms with Gasteiger partial charge in [-0.25, -0.2) is 4.79 Å². The third-order valence-electron chi connectivity index (χ3n) is 2.92. The molecule has 0 fully saturated rings. The summed E-state index contributed by atoms with van der Waals surface area (Å²) in [5.74, 6) is -0.378. The van der Waals surface area contributed by atoms with E-state index in [0.29, 0.717) is 11.3 Å². The number of rotatable bonds is 6. The summed E-state index contributed by atoms with van der Waals surface area (Å²) in [5.41, 5.74) is 9.13. The molecule has 0 atom stereocenters. The van der Waals surface area contributed by atoms with E-state index in [4.69, 9.17) is 10.5 Å². The third-order valence-corrected chi connectivity index (χ3v) is 2.92. The average Bonchev–Trinajstić information content (AvgIpc) is 2.38. The maximum atomic E-state index is 11.8. The minimum atomic E-state index is -0.378. The lowest BCUT2D eigenvalue weighted by Crippen LogP contribution is -2.08. The number of esters is 1. The molecule has 2 N–H and O–H groups in total. The van der Waals surface area contributed by atoms with Gasteiger partial charge in [-0.2, -0.15) is 0 Å². The SMILES string of the molecule is CC(C)=CCC/C(C)=C/COC(=O)c1ccccc1N. The highest BCUT2D eigenvalue weighted by atomic mass is 16.5. The summed E-state index contributed by atoms with van der Waals surface area (Å²) in [6.07, 6.45) is 6.14. The van der Waals surface area contributed by atoms with Crippen molar-refractivity contribution in [1.29, 1.82) is 0 Å². The average molecular weight is 273 g/mol. The van der Waals surface area contributed by atoms with Crippen LogP contribution in [0.2, 0.25) is 0 Å². The van der Waals surface area contributed by atoms with Crippen molar-refractivity contribution in [2.24, 2.45) is 0 Å². The van der Waals surface area contributed by atoms with E-state index >= 15 is 0 Å². The number of ether oxygens (including phenoxy) is 1. The first kappa shape index (κ1) is 16.0. The van der Waals surface area contributed by atoms with Crippen LogP contribution in [0.15, 0.2) is 47.6 Å². The summed E-state index contributed by atoms with van der Waals surface area (Å²) in [4.78, 5) is 11.8. The van der Waals surface area contributed by atoms with Gasteiger partial charge in [-0.1, -0.05) is 29.4 Å². The molecule has 0 radical (unpaired) electrons. The molecular weight excluding hydrogens is 250 g/mol. The number of benzene rings is 1. The topological polar surface area (TPSA) is 52.3 Å². The normalized spacial score (nSPS) is 11.1. The van der Waals surface area contributed by atoms with Gasteiger partial charge in [0.25, 0.3) is 0 Å². The second-order valence-electron chi connectivity index (χ2n) is 5.06. The Morgan fingerprint density at radius 2 is 1.90 bits per heavy atom. The number of hydrogen-bond donors (Lipinski definition) is 1. The summed E-state index contributed by atoms with van der Waals surface area (Å²) in [6.45, 7) is 6.51. The van der Waals surface area contributed by atoms with Crippen LogP contribution in [0.4, 0.5) is 5.69 Å². The fraction of sp³-hybridized carbons (Fsp3) is 0.353. The van der Waals surface area contributed by atoms with Crippen molar-refractivity contribution >= 4 is 11.7 Å². The molecule has 0 bridgehead atoms. The van der Waals surface area contributed by atoms with Gasteiger partial charge in [-0.3, -0.25) is 0 Å². The minimum absolute atomic E-state index is 0.286. The van der Waals surface area contributed by atoms with Crippen LogP contribution in [0.5, 0.6) is 0 Å². The Balaban J connectivity index is 2.42. The molecule has 0 aromatic heterocycles. The Kier molecular flexibility index (Phi) is 6.57. The molecule has 0 amide bonds. The quantitative estimate of drug-likeness (QED) is 0.482. The fourth-order valence-corrected chi connectivity index (χ4v) is 1.71. The molecule has 3 nitrogen and oxygen atoms in total. The highest BCUT2D eigenvalue weighted by Crippen LogP contribution is 2.12. The third kappa shape index (κ3) is 5.74. The van der Waals surface area contributed by atoms with Gasteiger partial charge >= 0.3 is 5.97 Å².